The Labute approximate surface area is 302 Å². The van der Waals surface area contributed by atoms with Gasteiger partial charge in [-0.25, -0.2) is 0 Å². The summed E-state index contributed by atoms with van der Waals surface area (Å²) in [5.41, 5.74) is -0.435. The molecule has 0 saturated carbocycles. The first kappa shape index (κ1) is 38.6. The number of amides is 3. The Bertz CT molecular complexity index is 1370. The molecule has 5 rings (SSSR count). The summed E-state index contributed by atoms with van der Waals surface area (Å²) in [6, 6.07) is 7.83. The molecule has 4 aliphatic heterocycles. The molecule has 1 aromatic carbocycles. The minimum atomic E-state index is -1.15. The normalized spacial score (nSPS) is 26.7. The average molecular weight is 709 g/mol. The van der Waals surface area contributed by atoms with Crippen molar-refractivity contribution in [2.45, 2.75) is 88.2 Å². The summed E-state index contributed by atoms with van der Waals surface area (Å²) >= 11 is 0. The number of esters is 1. The van der Waals surface area contributed by atoms with E-state index in [4.69, 9.17) is 14.2 Å². The number of ether oxygens (including phenoxy) is 3. The molecule has 0 aliphatic carbocycles. The van der Waals surface area contributed by atoms with Crippen molar-refractivity contribution in [1.82, 2.24) is 20.0 Å². The van der Waals surface area contributed by atoms with Crippen molar-refractivity contribution in [2.75, 3.05) is 59.1 Å². The van der Waals surface area contributed by atoms with E-state index in [1.165, 1.54) is 0 Å². The van der Waals surface area contributed by atoms with Crippen LogP contribution in [0.2, 0.25) is 0 Å². The SMILES string of the molecule is C=CCCC(=O)N[C@@H](C)[C@H](OC(=O)[C@@H]1[C@H]2C(=O)N(CCCCCCO)[C@H](C(=O)N(CC=C)CCN3CCOCC3)[C@]23CC[C@H]1O3)c1ccccc1. The number of nitrogens with zero attached hydrogens (tertiary/aromatic N) is 3. The highest BCUT2D eigenvalue weighted by Crippen LogP contribution is 2.59. The lowest BCUT2D eigenvalue weighted by Crippen LogP contribution is -2.57. The maximum absolute atomic E-state index is 14.7. The fourth-order valence-electron chi connectivity index (χ4n) is 8.34. The molecule has 4 saturated heterocycles. The minimum absolute atomic E-state index is 0.106. The van der Waals surface area contributed by atoms with Crippen LogP contribution in [0.4, 0.5) is 0 Å². The van der Waals surface area contributed by atoms with E-state index in [0.717, 1.165) is 31.5 Å². The molecule has 12 heteroatoms. The van der Waals surface area contributed by atoms with Crippen molar-refractivity contribution in [3.05, 3.63) is 61.2 Å². The smallest absolute Gasteiger partial charge is 0.313 e. The third kappa shape index (κ3) is 8.73. The lowest BCUT2D eigenvalue weighted by Gasteiger charge is -2.37. The Morgan fingerprint density at radius 3 is 2.55 bits per heavy atom. The number of nitrogens with one attached hydrogen (secondary N) is 1. The van der Waals surface area contributed by atoms with E-state index in [0.29, 0.717) is 71.5 Å². The van der Waals surface area contributed by atoms with Gasteiger partial charge in [0.15, 0.2) is 0 Å². The van der Waals surface area contributed by atoms with Crippen molar-refractivity contribution in [3.8, 4) is 0 Å². The number of unbranched alkanes of at least 4 members (excludes halogenated alkanes) is 3. The van der Waals surface area contributed by atoms with Crippen LogP contribution in [0.1, 0.15) is 70.0 Å². The van der Waals surface area contributed by atoms with Gasteiger partial charge in [-0.2, -0.15) is 0 Å². The number of aliphatic hydroxyl groups is 1. The second-order valence-corrected chi connectivity index (χ2v) is 14.2. The zero-order chi connectivity index (χ0) is 36.4. The molecule has 2 N–H and O–H groups in total. The van der Waals surface area contributed by atoms with Gasteiger partial charge < -0.3 is 34.4 Å². The number of hydrogen-bond donors (Lipinski definition) is 2. The van der Waals surface area contributed by atoms with E-state index in [9.17, 15) is 24.3 Å². The molecule has 1 aromatic rings. The van der Waals surface area contributed by atoms with Gasteiger partial charge in [0.05, 0.1) is 37.2 Å². The zero-order valence-corrected chi connectivity index (χ0v) is 30.1. The Morgan fingerprint density at radius 2 is 1.84 bits per heavy atom. The topological polar surface area (TPSA) is 138 Å². The fourth-order valence-corrected chi connectivity index (χ4v) is 8.34. The Morgan fingerprint density at radius 1 is 1.10 bits per heavy atom. The van der Waals surface area contributed by atoms with Crippen LogP contribution in [0.5, 0.6) is 0 Å². The molecule has 0 radical (unpaired) electrons. The molecule has 280 valence electrons. The molecule has 4 fully saturated rings. The van der Waals surface area contributed by atoms with E-state index < -0.39 is 47.7 Å². The molecule has 4 heterocycles. The Kier molecular flexibility index (Phi) is 13.8. The van der Waals surface area contributed by atoms with Crippen LogP contribution in [-0.2, 0) is 33.4 Å². The monoisotopic (exact) mass is 708 g/mol. The molecule has 7 atom stereocenters. The van der Waals surface area contributed by atoms with E-state index in [1.54, 1.807) is 28.9 Å². The summed E-state index contributed by atoms with van der Waals surface area (Å²) in [4.78, 5) is 62.0. The molecule has 4 aliphatic rings. The molecular formula is C39H56N4O8. The van der Waals surface area contributed by atoms with Crippen molar-refractivity contribution < 1.29 is 38.5 Å². The summed E-state index contributed by atoms with van der Waals surface area (Å²) in [5, 5.41) is 12.2. The van der Waals surface area contributed by atoms with Crippen LogP contribution in [0.3, 0.4) is 0 Å². The van der Waals surface area contributed by atoms with Gasteiger partial charge in [0.2, 0.25) is 17.7 Å². The number of likely N-dealkylation sites (tertiary alicyclic amines) is 1. The molecule has 3 amide bonds. The Balaban J connectivity index is 1.40. The standard InChI is InChI=1S/C39H56N4O8/c1-4-6-16-31(45)40-28(3)34(29-14-10-9-11-15-29)50-38(48)32-30-17-18-39(51-30)33(32)36(46)43(20-12-7-8-13-25-44)35(39)37(47)42(19-5-2)22-21-41-23-26-49-27-24-41/h4-5,9-11,14-15,28,30,32-35,44H,1-2,6-8,12-13,16-27H2,3H3,(H,40,45)/t28-,30+,32-,33-,34-,35+,39-/m0/s1. The number of hydrogen-bond acceptors (Lipinski definition) is 9. The molecule has 1 spiro atoms. The highest BCUT2D eigenvalue weighted by molar-refractivity contribution is 5.98. The van der Waals surface area contributed by atoms with Crippen molar-refractivity contribution in [3.63, 3.8) is 0 Å². The summed E-state index contributed by atoms with van der Waals surface area (Å²) < 4.78 is 18.5. The maximum atomic E-state index is 14.7. The second kappa shape index (κ2) is 18.3. The van der Waals surface area contributed by atoms with E-state index in [1.807, 2.05) is 30.3 Å². The number of benzene rings is 1. The van der Waals surface area contributed by atoms with Crippen LogP contribution < -0.4 is 5.32 Å². The lowest BCUT2D eigenvalue weighted by molar-refractivity contribution is -0.162. The van der Waals surface area contributed by atoms with Gasteiger partial charge in [-0.1, -0.05) is 55.3 Å². The van der Waals surface area contributed by atoms with E-state index >= 15 is 0 Å². The summed E-state index contributed by atoms with van der Waals surface area (Å²) in [6.45, 7) is 14.2. The third-order valence-corrected chi connectivity index (χ3v) is 10.9. The average Bonchev–Trinajstić information content (AvgIpc) is 3.79. The molecular weight excluding hydrogens is 652 g/mol. The van der Waals surface area contributed by atoms with E-state index in [2.05, 4.69) is 23.4 Å². The van der Waals surface area contributed by atoms with Crippen LogP contribution >= 0.6 is 0 Å². The van der Waals surface area contributed by atoms with Crippen LogP contribution in [0.15, 0.2) is 55.6 Å². The number of carbonyl (C=O) groups is 4. The minimum Gasteiger partial charge on any atom is -0.455 e. The van der Waals surface area contributed by atoms with Crippen LogP contribution in [0, 0.1) is 11.8 Å². The Hall–Kier alpha value is -3.58. The number of morpholine rings is 1. The van der Waals surface area contributed by atoms with Crippen LogP contribution in [-0.4, -0.2) is 126 Å². The fraction of sp³-hybridized carbons (Fsp3) is 0.641. The quantitative estimate of drug-likeness (QED) is 0.119. The van der Waals surface area contributed by atoms with Gasteiger partial charge in [0.25, 0.3) is 0 Å². The first-order chi connectivity index (χ1) is 24.7. The predicted octanol–water partition coefficient (Wildman–Crippen LogP) is 3.02. The van der Waals surface area contributed by atoms with Gasteiger partial charge in [0, 0.05) is 52.3 Å². The van der Waals surface area contributed by atoms with Crippen molar-refractivity contribution >= 4 is 23.7 Å². The molecule has 2 bridgehead atoms. The zero-order valence-electron chi connectivity index (χ0n) is 30.1. The first-order valence-corrected chi connectivity index (χ1v) is 18.7. The summed E-state index contributed by atoms with van der Waals surface area (Å²) in [7, 11) is 0. The van der Waals surface area contributed by atoms with Crippen LogP contribution in [0.25, 0.3) is 0 Å². The van der Waals surface area contributed by atoms with Gasteiger partial charge in [-0.05, 0) is 44.6 Å². The van der Waals surface area contributed by atoms with Gasteiger partial charge in [0.1, 0.15) is 17.7 Å². The number of fused-ring (bicyclic) bond motifs is 1. The summed E-state index contributed by atoms with van der Waals surface area (Å²) in [5.74, 6) is -2.95. The molecule has 12 nitrogen and oxygen atoms in total. The largest absolute Gasteiger partial charge is 0.455 e. The predicted molar refractivity (Wildman–Crippen MR) is 191 cm³/mol. The van der Waals surface area contributed by atoms with Gasteiger partial charge in [-0.3, -0.25) is 24.1 Å². The molecule has 0 unspecified atom stereocenters. The molecule has 51 heavy (non-hydrogen) atoms. The third-order valence-electron chi connectivity index (χ3n) is 10.9. The first-order valence-electron chi connectivity index (χ1n) is 18.7. The lowest BCUT2D eigenvalue weighted by atomic mass is 9.70. The number of rotatable bonds is 20. The summed E-state index contributed by atoms with van der Waals surface area (Å²) in [6.07, 6.45) is 6.75. The van der Waals surface area contributed by atoms with Gasteiger partial charge >= 0.3 is 5.97 Å². The number of carbonyl (C=O) groups excluding carboxylic acids is 4. The molecule has 0 aromatic heterocycles. The van der Waals surface area contributed by atoms with E-state index in [-0.39, 0.29) is 30.7 Å². The highest BCUT2D eigenvalue weighted by atomic mass is 16.6. The van der Waals surface area contributed by atoms with Gasteiger partial charge in [-0.15, -0.1) is 13.2 Å². The van der Waals surface area contributed by atoms with Crippen molar-refractivity contribution in [2.24, 2.45) is 11.8 Å². The number of allylic oxidation sites excluding steroid dienone is 1. The number of aliphatic hydroxyl groups excluding tert-OH is 1. The van der Waals surface area contributed by atoms with Crippen molar-refractivity contribution in [1.29, 1.82) is 0 Å². The maximum Gasteiger partial charge on any atom is 0.313 e. The second-order valence-electron chi connectivity index (χ2n) is 14.2. The highest BCUT2D eigenvalue weighted by Gasteiger charge is 2.75.